The highest BCUT2D eigenvalue weighted by molar-refractivity contribution is 5.92. The first kappa shape index (κ1) is 15.0. The Bertz CT molecular complexity index is 328. The molecule has 18 heavy (non-hydrogen) atoms. The van der Waals surface area contributed by atoms with Gasteiger partial charge in [0.2, 0.25) is 11.8 Å². The van der Waals surface area contributed by atoms with Gasteiger partial charge in [0, 0.05) is 26.2 Å². The van der Waals surface area contributed by atoms with Crippen LogP contribution in [0.15, 0.2) is 0 Å². The summed E-state index contributed by atoms with van der Waals surface area (Å²) < 4.78 is 0. The molecule has 1 fully saturated rings. The molecule has 5 heteroatoms. The molecule has 0 radical (unpaired) electrons. The second-order valence-corrected chi connectivity index (χ2v) is 5.52. The van der Waals surface area contributed by atoms with E-state index in [9.17, 15) is 9.59 Å². The first-order valence-corrected chi connectivity index (χ1v) is 6.60. The minimum atomic E-state index is -0.735. The maximum atomic E-state index is 12.2. The lowest BCUT2D eigenvalue weighted by Gasteiger charge is -2.44. The van der Waals surface area contributed by atoms with Crippen LogP contribution in [0.1, 0.15) is 34.1 Å². The fraction of sp³-hybridized carbons (Fsp3) is 0.846. The van der Waals surface area contributed by atoms with E-state index in [0.29, 0.717) is 25.7 Å². The fourth-order valence-electron chi connectivity index (χ4n) is 2.15. The van der Waals surface area contributed by atoms with Crippen LogP contribution < -0.4 is 5.32 Å². The van der Waals surface area contributed by atoms with Crippen LogP contribution in [0.3, 0.4) is 0 Å². The van der Waals surface area contributed by atoms with Crippen LogP contribution >= 0.6 is 0 Å². The second kappa shape index (κ2) is 5.69. The zero-order valence-electron chi connectivity index (χ0n) is 12.1. The van der Waals surface area contributed by atoms with Crippen molar-refractivity contribution in [3.05, 3.63) is 0 Å². The minimum absolute atomic E-state index is 0.00162. The number of likely N-dealkylation sites (N-methyl/N-ethyl adjacent to an activating group) is 1. The van der Waals surface area contributed by atoms with E-state index in [4.69, 9.17) is 0 Å². The molecule has 104 valence electrons. The molecular formula is C13H25N3O2. The van der Waals surface area contributed by atoms with Crippen LogP contribution in [0.2, 0.25) is 0 Å². The minimum Gasteiger partial charge on any atom is -0.342 e. The van der Waals surface area contributed by atoms with Gasteiger partial charge in [-0.3, -0.25) is 9.59 Å². The third kappa shape index (κ3) is 3.02. The molecule has 1 atom stereocenters. The van der Waals surface area contributed by atoms with E-state index < -0.39 is 5.54 Å². The molecule has 0 aromatic heterocycles. The number of hydrogen-bond donors (Lipinski definition) is 1. The summed E-state index contributed by atoms with van der Waals surface area (Å²) in [6.07, 6.45) is 0.984. The molecule has 1 aliphatic heterocycles. The number of rotatable bonds is 4. The summed E-state index contributed by atoms with van der Waals surface area (Å²) in [7, 11) is 1.78. The zero-order valence-corrected chi connectivity index (χ0v) is 12.1. The summed E-state index contributed by atoms with van der Waals surface area (Å²) in [5.74, 6) is 0.00684. The topological polar surface area (TPSA) is 52.7 Å². The molecule has 1 rings (SSSR count). The van der Waals surface area contributed by atoms with Crippen molar-refractivity contribution in [2.24, 2.45) is 0 Å². The number of nitrogens with zero attached hydrogens (tertiary/aromatic N) is 2. The van der Waals surface area contributed by atoms with Crippen molar-refractivity contribution in [3.8, 4) is 0 Å². The molecule has 1 aliphatic rings. The summed E-state index contributed by atoms with van der Waals surface area (Å²) in [4.78, 5) is 27.6. The Morgan fingerprint density at radius 1 is 1.44 bits per heavy atom. The number of carbonyl (C=O) groups excluding carboxylic acids is 2. The van der Waals surface area contributed by atoms with Crippen molar-refractivity contribution in [1.82, 2.24) is 15.1 Å². The molecule has 1 unspecified atom stereocenters. The maximum absolute atomic E-state index is 12.2. The van der Waals surface area contributed by atoms with Gasteiger partial charge in [-0.2, -0.15) is 0 Å². The first-order chi connectivity index (χ1) is 8.30. The Morgan fingerprint density at radius 3 is 2.61 bits per heavy atom. The van der Waals surface area contributed by atoms with Gasteiger partial charge in [-0.05, 0) is 27.2 Å². The Morgan fingerprint density at radius 2 is 2.06 bits per heavy atom. The third-order valence-electron chi connectivity index (χ3n) is 3.72. The zero-order chi connectivity index (χ0) is 13.9. The van der Waals surface area contributed by atoms with Gasteiger partial charge in [0.05, 0.1) is 6.54 Å². The average molecular weight is 255 g/mol. The van der Waals surface area contributed by atoms with Gasteiger partial charge in [-0.25, -0.2) is 0 Å². The maximum Gasteiger partial charge on any atom is 0.247 e. The highest BCUT2D eigenvalue weighted by Gasteiger charge is 2.42. The van der Waals surface area contributed by atoms with Crippen molar-refractivity contribution in [3.63, 3.8) is 0 Å². The average Bonchev–Trinajstić information content (AvgIpc) is 2.32. The van der Waals surface area contributed by atoms with E-state index in [0.717, 1.165) is 6.42 Å². The molecule has 0 spiro atoms. The van der Waals surface area contributed by atoms with Crippen LogP contribution in [0.5, 0.6) is 0 Å². The first-order valence-electron chi connectivity index (χ1n) is 6.60. The largest absolute Gasteiger partial charge is 0.342 e. The summed E-state index contributed by atoms with van der Waals surface area (Å²) in [6, 6.07) is 0.320. The number of hydrogen-bond acceptors (Lipinski definition) is 3. The highest BCUT2D eigenvalue weighted by Crippen LogP contribution is 2.21. The summed E-state index contributed by atoms with van der Waals surface area (Å²) in [5.41, 5.74) is -0.735. The molecule has 5 nitrogen and oxygen atoms in total. The molecule has 0 bridgehead atoms. The molecule has 0 aromatic carbocycles. The SMILES string of the molecule is CCC(C)NCC(=O)N1CCN(C)C(=O)C1(C)C. The van der Waals surface area contributed by atoms with Crippen molar-refractivity contribution < 1.29 is 9.59 Å². The smallest absolute Gasteiger partial charge is 0.247 e. The van der Waals surface area contributed by atoms with Crippen molar-refractivity contribution in [2.45, 2.75) is 45.7 Å². The van der Waals surface area contributed by atoms with Crippen LogP contribution in [-0.4, -0.2) is 59.9 Å². The van der Waals surface area contributed by atoms with Crippen LogP contribution in [0.25, 0.3) is 0 Å². The third-order valence-corrected chi connectivity index (χ3v) is 3.72. The Hall–Kier alpha value is -1.10. The monoisotopic (exact) mass is 255 g/mol. The molecule has 1 heterocycles. The summed E-state index contributed by atoms with van der Waals surface area (Å²) >= 11 is 0. The molecule has 2 amide bonds. The van der Waals surface area contributed by atoms with Gasteiger partial charge in [0.15, 0.2) is 0 Å². The Labute approximate surface area is 110 Å². The Kier molecular flexibility index (Phi) is 4.73. The molecule has 0 aliphatic carbocycles. The number of carbonyl (C=O) groups is 2. The normalized spacial score (nSPS) is 21.1. The van der Waals surface area contributed by atoms with Crippen molar-refractivity contribution in [1.29, 1.82) is 0 Å². The lowest BCUT2D eigenvalue weighted by Crippen LogP contribution is -2.64. The lowest BCUT2D eigenvalue weighted by molar-refractivity contribution is -0.156. The fourth-order valence-corrected chi connectivity index (χ4v) is 2.15. The predicted octanol–water partition coefficient (Wildman–Crippen LogP) is 0.454. The van der Waals surface area contributed by atoms with E-state index in [-0.39, 0.29) is 11.8 Å². The molecule has 1 N–H and O–H groups in total. The van der Waals surface area contributed by atoms with E-state index >= 15 is 0 Å². The van der Waals surface area contributed by atoms with Gasteiger partial charge >= 0.3 is 0 Å². The number of piperazine rings is 1. The van der Waals surface area contributed by atoms with Gasteiger partial charge in [0.1, 0.15) is 5.54 Å². The standard InChI is InChI=1S/C13H25N3O2/c1-6-10(2)14-9-11(17)16-8-7-15(5)12(18)13(16,3)4/h10,14H,6-9H2,1-5H3. The second-order valence-electron chi connectivity index (χ2n) is 5.52. The van der Waals surface area contributed by atoms with E-state index in [2.05, 4.69) is 12.2 Å². The van der Waals surface area contributed by atoms with E-state index in [1.54, 1.807) is 16.8 Å². The predicted molar refractivity (Wildman–Crippen MR) is 71.2 cm³/mol. The molecule has 1 saturated heterocycles. The molecule has 0 saturated carbocycles. The van der Waals surface area contributed by atoms with E-state index in [1.165, 1.54) is 0 Å². The van der Waals surface area contributed by atoms with Gasteiger partial charge in [0.25, 0.3) is 0 Å². The van der Waals surface area contributed by atoms with Crippen LogP contribution in [0.4, 0.5) is 0 Å². The van der Waals surface area contributed by atoms with Gasteiger partial charge < -0.3 is 15.1 Å². The number of amides is 2. The van der Waals surface area contributed by atoms with Crippen LogP contribution in [-0.2, 0) is 9.59 Å². The highest BCUT2D eigenvalue weighted by atomic mass is 16.2. The van der Waals surface area contributed by atoms with Crippen molar-refractivity contribution >= 4 is 11.8 Å². The van der Waals surface area contributed by atoms with Gasteiger partial charge in [-0.1, -0.05) is 6.92 Å². The number of nitrogens with one attached hydrogen (secondary N) is 1. The molecule has 0 aromatic rings. The molecular weight excluding hydrogens is 230 g/mol. The summed E-state index contributed by atoms with van der Waals surface area (Å²) in [5, 5.41) is 3.18. The van der Waals surface area contributed by atoms with Crippen molar-refractivity contribution in [2.75, 3.05) is 26.7 Å². The van der Waals surface area contributed by atoms with E-state index in [1.807, 2.05) is 20.8 Å². The van der Waals surface area contributed by atoms with Crippen LogP contribution in [0, 0.1) is 0 Å². The lowest BCUT2D eigenvalue weighted by atomic mass is 9.97. The summed E-state index contributed by atoms with van der Waals surface area (Å²) in [6.45, 7) is 9.26. The quantitative estimate of drug-likeness (QED) is 0.794. The van der Waals surface area contributed by atoms with Gasteiger partial charge in [-0.15, -0.1) is 0 Å². The Balaban J connectivity index is 2.65.